The van der Waals surface area contributed by atoms with E-state index < -0.39 is 0 Å². The van der Waals surface area contributed by atoms with Gasteiger partial charge in [0, 0.05) is 6.07 Å². The fraction of sp³-hybridized carbons (Fsp3) is 0. The van der Waals surface area contributed by atoms with E-state index in [1.807, 2.05) is 12.1 Å². The molecule has 3 N–H and O–H groups in total. The maximum atomic E-state index is 5.37. The molecule has 9 heavy (non-hydrogen) atoms. The van der Waals surface area contributed by atoms with Crippen molar-refractivity contribution in [3.63, 3.8) is 0 Å². The first-order chi connectivity index (χ1) is 3.79. The number of hydrogen-bond donors (Lipinski definition) is 1. The highest BCUT2D eigenvalue weighted by molar-refractivity contribution is 9.10. The molecule has 4 heteroatoms. The highest BCUT2D eigenvalue weighted by atomic mass is 79.9. The van der Waals surface area contributed by atoms with Crippen LogP contribution in [0, 0.1) is 0 Å². The second kappa shape index (κ2) is 3.85. The largest absolute Gasteiger partial charge is 1.00 e. The van der Waals surface area contributed by atoms with Crippen LogP contribution in [0.15, 0.2) is 22.8 Å². The molecule has 0 aliphatic heterocycles. The van der Waals surface area contributed by atoms with Gasteiger partial charge in [0.1, 0.15) is 0 Å². The van der Waals surface area contributed by atoms with E-state index in [0.29, 0.717) is 5.82 Å². The van der Waals surface area contributed by atoms with Gasteiger partial charge in [0.2, 0.25) is 0 Å². The van der Waals surface area contributed by atoms with Crippen molar-refractivity contribution in [2.24, 2.45) is 0 Å². The van der Waals surface area contributed by atoms with Crippen LogP contribution < -0.4 is 27.7 Å². The summed E-state index contributed by atoms with van der Waals surface area (Å²) < 4.78 is 0.900. The summed E-state index contributed by atoms with van der Waals surface area (Å²) in [6.07, 6.45) is 0. The number of nitrogens with two attached hydrogens (primary N) is 1. The van der Waals surface area contributed by atoms with Gasteiger partial charge in [-0.15, -0.1) is 0 Å². The van der Waals surface area contributed by atoms with Crippen LogP contribution in [0.4, 0.5) is 5.82 Å². The third kappa shape index (κ3) is 2.81. The Morgan fingerprint density at radius 3 is 2.44 bits per heavy atom. The van der Waals surface area contributed by atoms with E-state index in [2.05, 4.69) is 20.9 Å². The maximum Gasteiger partial charge on any atom is 0.270 e. The Bertz CT molecular complexity index is 173. The summed E-state index contributed by atoms with van der Waals surface area (Å²) in [7, 11) is 0. The first-order valence-corrected chi connectivity index (χ1v) is 3.01. The minimum atomic E-state index is 0. The summed E-state index contributed by atoms with van der Waals surface area (Å²) >= 11 is 3.23. The van der Waals surface area contributed by atoms with Crippen LogP contribution in [0.3, 0.4) is 0 Å². The van der Waals surface area contributed by atoms with Crippen LogP contribution in [-0.2, 0) is 0 Å². The average Bonchev–Trinajstić information content (AvgIpc) is 1.64. The number of halogens is 2. The summed E-state index contributed by atoms with van der Waals surface area (Å²) in [5, 5.41) is 0. The zero-order valence-electron chi connectivity index (χ0n) is 4.57. The lowest BCUT2D eigenvalue weighted by molar-refractivity contribution is -0.374. The Labute approximate surface area is 72.4 Å². The molecular weight excluding hydrogens is 248 g/mol. The number of anilines is 1. The van der Waals surface area contributed by atoms with Crippen molar-refractivity contribution < 1.29 is 22.0 Å². The van der Waals surface area contributed by atoms with Gasteiger partial charge in [-0.25, -0.2) is 4.98 Å². The number of H-pyrrole nitrogens is 1. The Kier molecular flexibility index (Phi) is 3.81. The number of aromatic nitrogens is 1. The molecule has 1 aromatic heterocycles. The Balaban J connectivity index is 0.000000640. The van der Waals surface area contributed by atoms with Crippen molar-refractivity contribution in [3.05, 3.63) is 22.8 Å². The molecule has 0 aliphatic rings. The molecule has 1 heterocycles. The van der Waals surface area contributed by atoms with E-state index in [-0.39, 0.29) is 17.0 Å². The van der Waals surface area contributed by atoms with Crippen LogP contribution >= 0.6 is 15.9 Å². The molecular formula is C5H6Br2N2. The Morgan fingerprint density at radius 1 is 1.44 bits per heavy atom. The van der Waals surface area contributed by atoms with E-state index in [1.54, 1.807) is 6.07 Å². The third-order valence-electron chi connectivity index (χ3n) is 0.782. The molecule has 0 bridgehead atoms. The summed E-state index contributed by atoms with van der Waals surface area (Å²) in [4.78, 5) is 2.86. The first kappa shape index (κ1) is 8.91. The van der Waals surface area contributed by atoms with E-state index in [1.165, 1.54) is 0 Å². The summed E-state index contributed by atoms with van der Waals surface area (Å²) in [5.74, 6) is 0.666. The molecule has 50 valence electrons. The molecule has 1 rings (SSSR count). The Hall–Kier alpha value is -0.0900. The molecule has 0 amide bonds. The second-order valence-electron chi connectivity index (χ2n) is 1.45. The van der Waals surface area contributed by atoms with Gasteiger partial charge >= 0.3 is 0 Å². The molecule has 0 aliphatic carbocycles. The van der Waals surface area contributed by atoms with Crippen molar-refractivity contribution in [1.29, 1.82) is 0 Å². The third-order valence-corrected chi connectivity index (χ3v) is 1.24. The van der Waals surface area contributed by atoms with Gasteiger partial charge in [-0.2, -0.15) is 0 Å². The van der Waals surface area contributed by atoms with Gasteiger partial charge in [0.15, 0.2) is 4.60 Å². The van der Waals surface area contributed by atoms with Crippen LogP contribution in [0.25, 0.3) is 0 Å². The van der Waals surface area contributed by atoms with E-state index in [4.69, 9.17) is 5.73 Å². The van der Waals surface area contributed by atoms with Crippen LogP contribution in [-0.4, -0.2) is 0 Å². The standard InChI is InChI=1S/C5H5BrN2.BrH/c6-4-2-1-3-5(7)8-4;/h1-3H,(H2,7,8);1H. The van der Waals surface area contributed by atoms with Gasteiger partial charge in [-0.05, 0) is 28.1 Å². The first-order valence-electron chi connectivity index (χ1n) is 2.22. The van der Waals surface area contributed by atoms with Gasteiger partial charge < -0.3 is 17.0 Å². The fourth-order valence-electron chi connectivity index (χ4n) is 0.457. The second-order valence-corrected chi connectivity index (χ2v) is 2.31. The van der Waals surface area contributed by atoms with Crippen molar-refractivity contribution in [1.82, 2.24) is 0 Å². The smallest absolute Gasteiger partial charge is 0.270 e. The van der Waals surface area contributed by atoms with Crippen LogP contribution in [0.5, 0.6) is 0 Å². The van der Waals surface area contributed by atoms with Crippen LogP contribution in [0.1, 0.15) is 0 Å². The molecule has 0 unspecified atom stereocenters. The number of rotatable bonds is 0. The number of aromatic amines is 1. The maximum absolute atomic E-state index is 5.37. The van der Waals surface area contributed by atoms with Crippen molar-refractivity contribution in [3.8, 4) is 0 Å². The monoisotopic (exact) mass is 252 g/mol. The quantitative estimate of drug-likeness (QED) is 0.527. The van der Waals surface area contributed by atoms with Gasteiger partial charge in [0.25, 0.3) is 5.82 Å². The number of nitrogen functional groups attached to an aromatic ring is 1. The lowest BCUT2D eigenvalue weighted by atomic mass is 10.5. The average molecular weight is 254 g/mol. The number of pyridine rings is 1. The zero-order chi connectivity index (χ0) is 5.98. The SMILES string of the molecule is Nc1cccc(Br)[nH+]1.[Br-]. The van der Waals surface area contributed by atoms with Crippen molar-refractivity contribution in [2.45, 2.75) is 0 Å². The molecule has 0 saturated heterocycles. The summed E-state index contributed by atoms with van der Waals surface area (Å²) in [6.45, 7) is 0. The highest BCUT2D eigenvalue weighted by Crippen LogP contribution is 2.00. The molecule has 2 nitrogen and oxygen atoms in total. The van der Waals surface area contributed by atoms with E-state index in [9.17, 15) is 0 Å². The predicted octanol–water partition coefficient (Wildman–Crippen LogP) is -2.15. The van der Waals surface area contributed by atoms with Crippen molar-refractivity contribution >= 4 is 21.7 Å². The molecule has 0 spiro atoms. The molecule has 0 radical (unpaired) electrons. The lowest BCUT2D eigenvalue weighted by Gasteiger charge is -1.83. The topological polar surface area (TPSA) is 40.2 Å². The predicted molar refractivity (Wildman–Crippen MR) is 35.1 cm³/mol. The summed E-state index contributed by atoms with van der Waals surface area (Å²) in [6, 6.07) is 5.55. The summed E-state index contributed by atoms with van der Waals surface area (Å²) in [5.41, 5.74) is 5.37. The Morgan fingerprint density at radius 2 is 2.11 bits per heavy atom. The van der Waals surface area contributed by atoms with E-state index >= 15 is 0 Å². The van der Waals surface area contributed by atoms with Gasteiger partial charge in [-0.3, -0.25) is 5.73 Å². The highest BCUT2D eigenvalue weighted by Gasteiger charge is 1.90. The molecule has 1 aromatic rings. The molecule has 0 atom stereocenters. The normalized spacial score (nSPS) is 8.11. The van der Waals surface area contributed by atoms with Crippen molar-refractivity contribution in [2.75, 3.05) is 5.73 Å². The van der Waals surface area contributed by atoms with Gasteiger partial charge in [-0.1, -0.05) is 0 Å². The minimum Gasteiger partial charge on any atom is -1.00 e. The number of nitrogens with one attached hydrogen (secondary N) is 1. The lowest BCUT2D eigenvalue weighted by Crippen LogP contribution is -3.00. The number of hydrogen-bond acceptors (Lipinski definition) is 1. The molecule has 0 saturated carbocycles. The fourth-order valence-corrected chi connectivity index (χ4v) is 0.839. The van der Waals surface area contributed by atoms with Crippen LogP contribution in [0.2, 0.25) is 0 Å². The minimum absolute atomic E-state index is 0. The van der Waals surface area contributed by atoms with E-state index in [0.717, 1.165) is 4.60 Å². The molecule has 0 fully saturated rings. The molecule has 0 aromatic carbocycles. The zero-order valence-corrected chi connectivity index (χ0v) is 7.74. The van der Waals surface area contributed by atoms with Gasteiger partial charge in [0.05, 0.1) is 0 Å².